The molecule has 2 nitrogen and oxygen atoms in total. The normalized spacial score (nSPS) is 23.5. The van der Waals surface area contributed by atoms with Crippen molar-refractivity contribution in [2.75, 3.05) is 19.6 Å². The van der Waals surface area contributed by atoms with Crippen LogP contribution in [0.3, 0.4) is 0 Å². The Morgan fingerprint density at radius 2 is 1.95 bits per heavy atom. The molecule has 1 heterocycles. The van der Waals surface area contributed by atoms with Gasteiger partial charge in [-0.3, -0.25) is 0 Å². The van der Waals surface area contributed by atoms with E-state index in [0.29, 0.717) is 0 Å². The Balaban J connectivity index is 2.32. The van der Waals surface area contributed by atoms with E-state index in [-0.39, 0.29) is 0 Å². The molecule has 1 saturated heterocycles. The molecule has 0 amide bonds. The van der Waals surface area contributed by atoms with Gasteiger partial charge in [-0.2, -0.15) is 0 Å². The molecule has 2 N–H and O–H groups in total. The van der Waals surface area contributed by atoms with Gasteiger partial charge in [0.2, 0.25) is 0 Å². The lowest BCUT2D eigenvalue weighted by Crippen LogP contribution is -2.35. The lowest BCUT2D eigenvalue weighted by Gasteiger charge is -2.30. The van der Waals surface area contributed by atoms with Crippen molar-refractivity contribution in [2.24, 2.45) is 17.6 Å². The average molecular weight is 268 g/mol. The summed E-state index contributed by atoms with van der Waals surface area (Å²) >= 11 is 0. The minimum absolute atomic E-state index is 0.787. The zero-order chi connectivity index (χ0) is 14.1. The summed E-state index contributed by atoms with van der Waals surface area (Å²) in [7, 11) is 0. The zero-order valence-corrected chi connectivity index (χ0v) is 13.5. The highest BCUT2D eigenvalue weighted by atomic mass is 15.1. The summed E-state index contributed by atoms with van der Waals surface area (Å²) in [5.74, 6) is 1.62. The monoisotopic (exact) mass is 268 g/mol. The fourth-order valence-electron chi connectivity index (χ4n) is 3.58. The van der Waals surface area contributed by atoms with Gasteiger partial charge < -0.3 is 10.6 Å². The van der Waals surface area contributed by atoms with Gasteiger partial charge in [-0.25, -0.2) is 0 Å². The van der Waals surface area contributed by atoms with E-state index in [4.69, 9.17) is 5.73 Å². The van der Waals surface area contributed by atoms with Gasteiger partial charge in [0.25, 0.3) is 0 Å². The highest BCUT2D eigenvalue weighted by Gasteiger charge is 2.19. The number of nitrogens with zero attached hydrogens (tertiary/aromatic N) is 1. The standard InChI is InChI=1S/C17H36N2/c1-4-17-10-6-5-7-13-19(17)14-8-9-16(11-12-18)15(2)3/h15-17H,4-14,18H2,1-3H3. The number of hydrogen-bond donors (Lipinski definition) is 1. The molecule has 1 fully saturated rings. The van der Waals surface area contributed by atoms with E-state index < -0.39 is 0 Å². The van der Waals surface area contributed by atoms with E-state index in [0.717, 1.165) is 24.4 Å². The Morgan fingerprint density at radius 1 is 1.16 bits per heavy atom. The Bertz CT molecular complexity index is 215. The van der Waals surface area contributed by atoms with E-state index in [1.807, 2.05) is 0 Å². The first-order chi connectivity index (χ1) is 9.19. The highest BCUT2D eigenvalue weighted by molar-refractivity contribution is 4.75. The Hall–Kier alpha value is -0.0800. The van der Waals surface area contributed by atoms with Gasteiger partial charge in [-0.15, -0.1) is 0 Å². The average Bonchev–Trinajstić information content (AvgIpc) is 2.62. The van der Waals surface area contributed by atoms with Crippen molar-refractivity contribution in [3.63, 3.8) is 0 Å². The molecule has 0 bridgehead atoms. The maximum Gasteiger partial charge on any atom is 0.00926 e. The quantitative estimate of drug-likeness (QED) is 0.720. The smallest absolute Gasteiger partial charge is 0.00926 e. The first kappa shape index (κ1) is 17.0. The summed E-state index contributed by atoms with van der Waals surface area (Å²) < 4.78 is 0. The van der Waals surface area contributed by atoms with Gasteiger partial charge in [0.15, 0.2) is 0 Å². The second kappa shape index (κ2) is 9.77. The maximum absolute atomic E-state index is 5.74. The van der Waals surface area contributed by atoms with Crippen LogP contribution in [-0.4, -0.2) is 30.6 Å². The number of rotatable bonds is 8. The topological polar surface area (TPSA) is 29.3 Å². The molecule has 1 aliphatic rings. The van der Waals surface area contributed by atoms with E-state index in [2.05, 4.69) is 25.7 Å². The van der Waals surface area contributed by atoms with Gasteiger partial charge in [0, 0.05) is 6.04 Å². The van der Waals surface area contributed by atoms with Gasteiger partial charge in [-0.1, -0.05) is 33.6 Å². The van der Waals surface area contributed by atoms with Crippen LogP contribution in [0.15, 0.2) is 0 Å². The third-order valence-corrected chi connectivity index (χ3v) is 4.97. The molecule has 0 spiro atoms. The number of nitrogens with two attached hydrogens (primary N) is 1. The second-order valence-corrected chi connectivity index (χ2v) is 6.67. The van der Waals surface area contributed by atoms with Crippen LogP contribution in [0.1, 0.15) is 72.1 Å². The molecule has 1 rings (SSSR count). The van der Waals surface area contributed by atoms with E-state index >= 15 is 0 Å². The molecule has 0 aliphatic carbocycles. The molecule has 0 radical (unpaired) electrons. The predicted octanol–water partition coefficient (Wildman–Crippen LogP) is 4.04. The van der Waals surface area contributed by atoms with Crippen molar-refractivity contribution < 1.29 is 0 Å². The van der Waals surface area contributed by atoms with Crippen LogP contribution in [0.5, 0.6) is 0 Å². The summed E-state index contributed by atoms with van der Waals surface area (Å²) in [6, 6.07) is 0.856. The molecule has 0 aromatic carbocycles. The van der Waals surface area contributed by atoms with Crippen LogP contribution in [0.25, 0.3) is 0 Å². The van der Waals surface area contributed by atoms with Gasteiger partial charge in [-0.05, 0) is 70.0 Å². The molecule has 19 heavy (non-hydrogen) atoms. The third kappa shape index (κ3) is 6.27. The van der Waals surface area contributed by atoms with Crippen LogP contribution in [-0.2, 0) is 0 Å². The van der Waals surface area contributed by atoms with Crippen LogP contribution in [0, 0.1) is 11.8 Å². The predicted molar refractivity (Wildman–Crippen MR) is 85.4 cm³/mol. The molecule has 0 aromatic rings. The molecule has 114 valence electrons. The van der Waals surface area contributed by atoms with Crippen LogP contribution in [0.2, 0.25) is 0 Å². The minimum Gasteiger partial charge on any atom is -0.330 e. The summed E-state index contributed by atoms with van der Waals surface area (Å²) in [4.78, 5) is 2.77. The number of likely N-dealkylation sites (tertiary alicyclic amines) is 1. The van der Waals surface area contributed by atoms with Crippen LogP contribution in [0.4, 0.5) is 0 Å². The third-order valence-electron chi connectivity index (χ3n) is 4.97. The molecule has 2 atom stereocenters. The van der Waals surface area contributed by atoms with Gasteiger partial charge in [0.1, 0.15) is 0 Å². The van der Waals surface area contributed by atoms with Crippen LogP contribution < -0.4 is 5.73 Å². The Kier molecular flexibility index (Phi) is 8.72. The highest BCUT2D eigenvalue weighted by Crippen LogP contribution is 2.23. The summed E-state index contributed by atoms with van der Waals surface area (Å²) in [5.41, 5.74) is 5.74. The van der Waals surface area contributed by atoms with Gasteiger partial charge >= 0.3 is 0 Å². The lowest BCUT2D eigenvalue weighted by molar-refractivity contribution is 0.183. The van der Waals surface area contributed by atoms with E-state index in [9.17, 15) is 0 Å². The fraction of sp³-hybridized carbons (Fsp3) is 1.00. The molecule has 0 aromatic heterocycles. The fourth-order valence-corrected chi connectivity index (χ4v) is 3.58. The molecular weight excluding hydrogens is 232 g/mol. The SMILES string of the molecule is CCC1CCCCCN1CCCC(CCN)C(C)C. The van der Waals surface area contributed by atoms with Crippen molar-refractivity contribution in [3.05, 3.63) is 0 Å². The lowest BCUT2D eigenvalue weighted by atomic mass is 9.88. The van der Waals surface area contributed by atoms with Crippen molar-refractivity contribution in [1.29, 1.82) is 0 Å². The minimum atomic E-state index is 0.787. The van der Waals surface area contributed by atoms with Crippen molar-refractivity contribution in [3.8, 4) is 0 Å². The molecule has 2 heteroatoms. The van der Waals surface area contributed by atoms with E-state index in [1.54, 1.807) is 0 Å². The van der Waals surface area contributed by atoms with Gasteiger partial charge in [0.05, 0.1) is 0 Å². The number of hydrogen-bond acceptors (Lipinski definition) is 2. The summed E-state index contributed by atoms with van der Waals surface area (Å²) in [6.45, 7) is 10.6. The Labute approximate surface area is 121 Å². The Morgan fingerprint density at radius 3 is 2.58 bits per heavy atom. The summed E-state index contributed by atoms with van der Waals surface area (Å²) in [5, 5.41) is 0. The van der Waals surface area contributed by atoms with Crippen molar-refractivity contribution in [1.82, 2.24) is 4.90 Å². The van der Waals surface area contributed by atoms with E-state index in [1.165, 1.54) is 64.5 Å². The second-order valence-electron chi connectivity index (χ2n) is 6.67. The van der Waals surface area contributed by atoms with Crippen molar-refractivity contribution in [2.45, 2.75) is 78.2 Å². The molecule has 1 aliphatic heterocycles. The maximum atomic E-state index is 5.74. The summed E-state index contributed by atoms with van der Waals surface area (Å²) in [6.07, 6.45) is 11.0. The molecular formula is C17H36N2. The first-order valence-corrected chi connectivity index (χ1v) is 8.63. The van der Waals surface area contributed by atoms with Crippen molar-refractivity contribution >= 4 is 0 Å². The van der Waals surface area contributed by atoms with Crippen LogP contribution >= 0.6 is 0 Å². The zero-order valence-electron chi connectivity index (χ0n) is 13.5. The largest absolute Gasteiger partial charge is 0.330 e. The molecule has 2 unspecified atom stereocenters. The first-order valence-electron chi connectivity index (χ1n) is 8.63. The molecule has 0 saturated carbocycles.